The molecule has 1 aromatic rings. The van der Waals surface area contributed by atoms with E-state index >= 15 is 0 Å². The molecule has 1 rings (SSSR count). The zero-order chi connectivity index (χ0) is 12.0. The van der Waals surface area contributed by atoms with Gasteiger partial charge in [-0.2, -0.15) is 0 Å². The zero-order valence-corrected chi connectivity index (χ0v) is 10.1. The first-order chi connectivity index (χ1) is 7.67. The van der Waals surface area contributed by atoms with Crippen LogP contribution in [-0.2, 0) is 16.0 Å². The lowest BCUT2D eigenvalue weighted by atomic mass is 10.2. The van der Waals surface area contributed by atoms with E-state index in [1.807, 2.05) is 24.1 Å². The molecule has 0 atom stereocenters. The van der Waals surface area contributed by atoms with E-state index < -0.39 is 0 Å². The van der Waals surface area contributed by atoms with Crippen LogP contribution in [0.15, 0.2) is 18.3 Å². The second-order valence-electron chi connectivity index (χ2n) is 3.52. The van der Waals surface area contributed by atoms with Crippen LogP contribution in [0.1, 0.15) is 19.4 Å². The van der Waals surface area contributed by atoms with Crippen molar-refractivity contribution in [3.05, 3.63) is 23.9 Å². The topological polar surface area (TPSA) is 42.4 Å². The lowest BCUT2D eigenvalue weighted by molar-refractivity contribution is -0.142. The molecule has 0 spiro atoms. The van der Waals surface area contributed by atoms with E-state index in [4.69, 9.17) is 4.74 Å². The van der Waals surface area contributed by atoms with Crippen LogP contribution in [-0.4, -0.2) is 31.2 Å². The molecular weight excluding hydrogens is 204 g/mol. The van der Waals surface area contributed by atoms with Crippen LogP contribution in [0, 0.1) is 0 Å². The van der Waals surface area contributed by atoms with Crippen molar-refractivity contribution in [2.45, 2.75) is 20.3 Å². The maximum absolute atomic E-state index is 11.2. The van der Waals surface area contributed by atoms with Crippen molar-refractivity contribution in [2.75, 3.05) is 25.1 Å². The van der Waals surface area contributed by atoms with E-state index in [2.05, 4.69) is 11.9 Å². The van der Waals surface area contributed by atoms with Crippen LogP contribution in [0.3, 0.4) is 0 Å². The Morgan fingerprint density at radius 2 is 2.19 bits per heavy atom. The molecule has 0 N–H and O–H groups in total. The van der Waals surface area contributed by atoms with E-state index in [1.165, 1.54) is 0 Å². The first-order valence-electron chi connectivity index (χ1n) is 5.49. The number of carbonyl (C=O) groups is 1. The second kappa shape index (κ2) is 6.10. The highest BCUT2D eigenvalue weighted by molar-refractivity contribution is 5.72. The number of aromatic nitrogens is 1. The molecule has 0 unspecified atom stereocenters. The fourth-order valence-corrected chi connectivity index (χ4v) is 1.29. The Morgan fingerprint density at radius 1 is 1.44 bits per heavy atom. The standard InChI is InChI=1S/C12H18N2O2/c1-4-14(3)11-7-6-10(9-13-11)8-12(15)16-5-2/h6-7,9H,4-5,8H2,1-3H3. The van der Waals surface area contributed by atoms with Gasteiger partial charge in [0.25, 0.3) is 0 Å². The van der Waals surface area contributed by atoms with Crippen molar-refractivity contribution in [3.63, 3.8) is 0 Å². The average Bonchev–Trinajstić information content (AvgIpc) is 2.29. The smallest absolute Gasteiger partial charge is 0.310 e. The van der Waals surface area contributed by atoms with Gasteiger partial charge in [0.2, 0.25) is 0 Å². The zero-order valence-electron chi connectivity index (χ0n) is 10.1. The molecule has 16 heavy (non-hydrogen) atoms. The van der Waals surface area contributed by atoms with E-state index in [0.717, 1.165) is 17.9 Å². The van der Waals surface area contributed by atoms with E-state index in [1.54, 1.807) is 13.1 Å². The van der Waals surface area contributed by atoms with E-state index in [-0.39, 0.29) is 12.4 Å². The van der Waals surface area contributed by atoms with E-state index in [0.29, 0.717) is 6.61 Å². The number of nitrogens with zero attached hydrogens (tertiary/aromatic N) is 2. The van der Waals surface area contributed by atoms with Crippen LogP contribution >= 0.6 is 0 Å². The first-order valence-corrected chi connectivity index (χ1v) is 5.49. The highest BCUT2D eigenvalue weighted by atomic mass is 16.5. The Bertz CT molecular complexity index is 335. The Hall–Kier alpha value is -1.58. The third kappa shape index (κ3) is 3.53. The molecule has 0 saturated heterocycles. The number of hydrogen-bond acceptors (Lipinski definition) is 4. The Kier molecular flexibility index (Phi) is 4.76. The third-order valence-electron chi connectivity index (χ3n) is 2.33. The van der Waals surface area contributed by atoms with Crippen LogP contribution < -0.4 is 4.90 Å². The SMILES string of the molecule is CCOC(=O)Cc1ccc(N(C)CC)nc1. The number of carbonyl (C=O) groups excluding carboxylic acids is 1. The molecule has 4 nitrogen and oxygen atoms in total. The van der Waals surface area contributed by atoms with Crippen LogP contribution in [0.2, 0.25) is 0 Å². The van der Waals surface area contributed by atoms with Crippen LogP contribution in [0.5, 0.6) is 0 Å². The summed E-state index contributed by atoms with van der Waals surface area (Å²) in [6.07, 6.45) is 2.01. The van der Waals surface area contributed by atoms with Gasteiger partial charge in [0.05, 0.1) is 13.0 Å². The summed E-state index contributed by atoms with van der Waals surface area (Å²) in [5.74, 6) is 0.705. The van der Waals surface area contributed by atoms with Gasteiger partial charge in [-0.15, -0.1) is 0 Å². The molecule has 4 heteroatoms. The quantitative estimate of drug-likeness (QED) is 0.710. The molecular formula is C12H18N2O2. The van der Waals surface area contributed by atoms with Crippen molar-refractivity contribution in [2.24, 2.45) is 0 Å². The molecule has 0 aliphatic heterocycles. The molecule has 88 valence electrons. The molecule has 0 aliphatic rings. The molecule has 0 bridgehead atoms. The van der Waals surface area contributed by atoms with Crippen molar-refractivity contribution in [3.8, 4) is 0 Å². The summed E-state index contributed by atoms with van der Waals surface area (Å²) in [4.78, 5) is 17.5. The first kappa shape index (κ1) is 12.5. The van der Waals surface area contributed by atoms with Gasteiger partial charge in [0, 0.05) is 19.8 Å². The Balaban J connectivity index is 2.61. The third-order valence-corrected chi connectivity index (χ3v) is 2.33. The summed E-state index contributed by atoms with van der Waals surface area (Å²) in [5.41, 5.74) is 0.881. The van der Waals surface area contributed by atoms with Gasteiger partial charge in [-0.05, 0) is 25.5 Å². The summed E-state index contributed by atoms with van der Waals surface area (Å²) < 4.78 is 4.87. The molecule has 0 fully saturated rings. The molecule has 0 saturated carbocycles. The monoisotopic (exact) mass is 222 g/mol. The summed E-state index contributed by atoms with van der Waals surface area (Å²) in [5, 5.41) is 0. The second-order valence-corrected chi connectivity index (χ2v) is 3.52. The number of pyridine rings is 1. The number of rotatable bonds is 5. The summed E-state index contributed by atoms with van der Waals surface area (Å²) >= 11 is 0. The summed E-state index contributed by atoms with van der Waals surface area (Å²) in [7, 11) is 1.98. The van der Waals surface area contributed by atoms with Gasteiger partial charge in [0.1, 0.15) is 5.82 Å². The molecule has 0 amide bonds. The fraction of sp³-hybridized carbons (Fsp3) is 0.500. The van der Waals surface area contributed by atoms with Gasteiger partial charge in [0.15, 0.2) is 0 Å². The predicted molar refractivity (Wildman–Crippen MR) is 63.5 cm³/mol. The van der Waals surface area contributed by atoms with Crippen molar-refractivity contribution in [1.29, 1.82) is 0 Å². The Morgan fingerprint density at radius 3 is 2.69 bits per heavy atom. The molecule has 0 aliphatic carbocycles. The molecule has 1 heterocycles. The molecule has 0 aromatic carbocycles. The molecule has 0 radical (unpaired) electrons. The predicted octanol–water partition coefficient (Wildman–Crippen LogP) is 1.64. The number of esters is 1. The molecule has 1 aromatic heterocycles. The van der Waals surface area contributed by atoms with Gasteiger partial charge in [-0.1, -0.05) is 6.07 Å². The summed E-state index contributed by atoms with van der Waals surface area (Å²) in [6.45, 7) is 5.19. The largest absolute Gasteiger partial charge is 0.466 e. The maximum Gasteiger partial charge on any atom is 0.310 e. The number of anilines is 1. The minimum Gasteiger partial charge on any atom is -0.466 e. The number of hydrogen-bond donors (Lipinski definition) is 0. The van der Waals surface area contributed by atoms with Gasteiger partial charge < -0.3 is 9.64 Å². The van der Waals surface area contributed by atoms with Gasteiger partial charge in [-0.3, -0.25) is 4.79 Å². The lowest BCUT2D eigenvalue weighted by Crippen LogP contribution is -2.17. The Labute approximate surface area is 96.2 Å². The summed E-state index contributed by atoms with van der Waals surface area (Å²) in [6, 6.07) is 3.82. The highest BCUT2D eigenvalue weighted by Crippen LogP contribution is 2.09. The minimum atomic E-state index is -0.208. The van der Waals surface area contributed by atoms with E-state index in [9.17, 15) is 4.79 Å². The fourth-order valence-electron chi connectivity index (χ4n) is 1.29. The highest BCUT2D eigenvalue weighted by Gasteiger charge is 2.05. The average molecular weight is 222 g/mol. The lowest BCUT2D eigenvalue weighted by Gasteiger charge is -2.15. The maximum atomic E-state index is 11.2. The van der Waals surface area contributed by atoms with Crippen LogP contribution in [0.4, 0.5) is 5.82 Å². The van der Waals surface area contributed by atoms with Crippen LogP contribution in [0.25, 0.3) is 0 Å². The normalized spacial score (nSPS) is 9.94. The van der Waals surface area contributed by atoms with Gasteiger partial charge in [-0.25, -0.2) is 4.98 Å². The van der Waals surface area contributed by atoms with Crippen molar-refractivity contribution in [1.82, 2.24) is 4.98 Å². The van der Waals surface area contributed by atoms with Gasteiger partial charge >= 0.3 is 5.97 Å². The van der Waals surface area contributed by atoms with Crippen molar-refractivity contribution >= 4 is 11.8 Å². The number of ether oxygens (including phenoxy) is 1. The minimum absolute atomic E-state index is 0.208. The van der Waals surface area contributed by atoms with Crippen molar-refractivity contribution < 1.29 is 9.53 Å².